The van der Waals surface area contributed by atoms with Gasteiger partial charge >= 0.3 is 0 Å². The van der Waals surface area contributed by atoms with E-state index in [9.17, 15) is 14.4 Å². The van der Waals surface area contributed by atoms with Crippen molar-refractivity contribution in [2.24, 2.45) is 5.92 Å². The molecule has 2 aromatic rings. The number of rotatable bonds is 13. The molecular weight excluding hydrogens is 510 g/mol. The molecule has 0 aliphatic heterocycles. The monoisotopic (exact) mass is 555 g/mol. The lowest BCUT2D eigenvalue weighted by Gasteiger charge is -2.32. The second kappa shape index (κ2) is 14.6. The molecule has 39 heavy (non-hydrogen) atoms. The number of fused-ring (bicyclic) bond motifs is 1. The van der Waals surface area contributed by atoms with Gasteiger partial charge in [0.15, 0.2) is 0 Å². The van der Waals surface area contributed by atoms with Crippen LogP contribution in [0.3, 0.4) is 0 Å². The van der Waals surface area contributed by atoms with E-state index >= 15 is 0 Å². The van der Waals surface area contributed by atoms with E-state index in [4.69, 9.17) is 4.98 Å². The van der Waals surface area contributed by atoms with Crippen molar-refractivity contribution in [2.75, 3.05) is 27.2 Å². The molecule has 3 rings (SSSR count). The van der Waals surface area contributed by atoms with Gasteiger partial charge in [0.2, 0.25) is 17.7 Å². The first kappa shape index (κ1) is 30.8. The minimum Gasteiger partial charge on any atom is -0.350 e. The van der Waals surface area contributed by atoms with Crippen molar-refractivity contribution in [1.29, 1.82) is 0 Å². The number of benzene rings is 1. The predicted octanol–water partition coefficient (Wildman–Crippen LogP) is 4.16. The van der Waals surface area contributed by atoms with E-state index in [-0.39, 0.29) is 36.1 Å². The zero-order valence-corrected chi connectivity index (χ0v) is 25.0. The van der Waals surface area contributed by atoms with Gasteiger partial charge < -0.3 is 20.9 Å². The molecule has 1 saturated carbocycles. The highest BCUT2D eigenvalue weighted by atomic mass is 32.1. The predicted molar refractivity (Wildman–Crippen MR) is 159 cm³/mol. The maximum Gasteiger partial charge on any atom is 0.247 e. The fourth-order valence-corrected chi connectivity index (χ4v) is 6.11. The van der Waals surface area contributed by atoms with Gasteiger partial charge in [-0.1, -0.05) is 52.7 Å². The summed E-state index contributed by atoms with van der Waals surface area (Å²) in [4.78, 5) is 45.3. The summed E-state index contributed by atoms with van der Waals surface area (Å²) in [6, 6.07) is 5.31. The van der Waals surface area contributed by atoms with Gasteiger partial charge in [-0.25, -0.2) is 4.98 Å². The van der Waals surface area contributed by atoms with Crippen LogP contribution in [0.25, 0.3) is 10.2 Å². The number of likely N-dealkylation sites (N-methyl/N-ethyl adjacent to an activating group) is 1. The third-order valence-corrected chi connectivity index (χ3v) is 8.37. The van der Waals surface area contributed by atoms with Crippen LogP contribution in [-0.2, 0) is 20.8 Å². The Morgan fingerprint density at radius 3 is 2.49 bits per heavy atom. The average Bonchev–Trinajstić information content (AvgIpc) is 3.31. The first-order chi connectivity index (χ1) is 18.6. The Kier molecular flexibility index (Phi) is 11.5. The van der Waals surface area contributed by atoms with Crippen LogP contribution >= 0.6 is 11.3 Å². The molecule has 2 atom stereocenters. The van der Waals surface area contributed by atoms with Crippen molar-refractivity contribution in [3.05, 3.63) is 40.9 Å². The highest BCUT2D eigenvalue weighted by molar-refractivity contribution is 7.18. The van der Waals surface area contributed by atoms with E-state index in [1.807, 2.05) is 25.1 Å². The van der Waals surface area contributed by atoms with E-state index in [1.165, 1.54) is 12.0 Å². The molecule has 1 aliphatic carbocycles. The summed E-state index contributed by atoms with van der Waals surface area (Å²) in [5.74, 6) is 0.0608. The van der Waals surface area contributed by atoms with Gasteiger partial charge in [0, 0.05) is 37.5 Å². The lowest BCUT2D eigenvalue weighted by atomic mass is 9.83. The summed E-state index contributed by atoms with van der Waals surface area (Å²) >= 11 is 1.57. The molecule has 8 nitrogen and oxygen atoms in total. The third-order valence-electron chi connectivity index (χ3n) is 7.33. The van der Waals surface area contributed by atoms with Gasteiger partial charge in [0.1, 0.15) is 6.04 Å². The lowest BCUT2D eigenvalue weighted by molar-refractivity contribution is -0.129. The average molecular weight is 556 g/mol. The number of thiazole rings is 1. The maximum absolute atomic E-state index is 13.6. The van der Waals surface area contributed by atoms with Crippen molar-refractivity contribution in [3.63, 3.8) is 0 Å². The van der Waals surface area contributed by atoms with Crippen LogP contribution in [0.2, 0.25) is 0 Å². The van der Waals surface area contributed by atoms with E-state index < -0.39 is 6.04 Å². The number of carbonyl (C=O) groups excluding carboxylic acids is 3. The number of hydrogen-bond donors (Lipinski definition) is 3. The molecule has 1 aliphatic rings. The fraction of sp³-hybridized carbons (Fsp3) is 0.600. The molecule has 1 aromatic heterocycles. The van der Waals surface area contributed by atoms with Crippen molar-refractivity contribution >= 4 is 39.3 Å². The highest BCUT2D eigenvalue weighted by Crippen LogP contribution is 2.28. The van der Waals surface area contributed by atoms with Crippen LogP contribution < -0.4 is 16.0 Å². The Labute approximate surface area is 237 Å². The molecule has 9 heteroatoms. The van der Waals surface area contributed by atoms with E-state index in [1.54, 1.807) is 18.3 Å². The number of hydrogen-bond acceptors (Lipinski definition) is 6. The normalized spacial score (nSPS) is 15.8. The minimum atomic E-state index is -0.743. The zero-order valence-electron chi connectivity index (χ0n) is 24.1. The highest BCUT2D eigenvalue weighted by Gasteiger charge is 2.30. The molecule has 1 fully saturated rings. The first-order valence-corrected chi connectivity index (χ1v) is 15.0. The van der Waals surface area contributed by atoms with E-state index in [2.05, 4.69) is 48.5 Å². The molecule has 214 valence electrons. The Morgan fingerprint density at radius 2 is 1.85 bits per heavy atom. The Bertz CT molecular complexity index is 1150. The van der Waals surface area contributed by atoms with Crippen molar-refractivity contribution in [3.8, 4) is 0 Å². The summed E-state index contributed by atoms with van der Waals surface area (Å²) < 4.78 is 1.08. The molecule has 0 radical (unpaired) electrons. The molecule has 0 bridgehead atoms. The molecule has 3 N–H and O–H groups in total. The second-order valence-corrected chi connectivity index (χ2v) is 12.3. The van der Waals surface area contributed by atoms with Crippen molar-refractivity contribution < 1.29 is 14.4 Å². The Hall–Kier alpha value is -2.78. The van der Waals surface area contributed by atoms with E-state index in [0.717, 1.165) is 40.9 Å². The maximum atomic E-state index is 13.6. The quantitative estimate of drug-likeness (QED) is 0.322. The first-order valence-electron chi connectivity index (χ1n) is 14.2. The fourth-order valence-electron chi connectivity index (χ4n) is 5.05. The summed E-state index contributed by atoms with van der Waals surface area (Å²) in [5.41, 5.74) is 2.64. The number of aromatic nitrogens is 1. The van der Waals surface area contributed by atoms with Gasteiger partial charge in [-0.3, -0.25) is 14.4 Å². The van der Waals surface area contributed by atoms with Crippen molar-refractivity contribution in [1.82, 2.24) is 25.8 Å². The Balaban J connectivity index is 1.76. The van der Waals surface area contributed by atoms with Gasteiger partial charge in [0.25, 0.3) is 0 Å². The van der Waals surface area contributed by atoms with Crippen LogP contribution in [-0.4, -0.2) is 66.9 Å². The SMILES string of the molecule is C=C(CN(C)C)C(=O)NC[C@@H](NC(=O)[C@H](Cc1nc2ccc(C(C)C)cc2s1)NC(=O)CC)C1CCCCC1. The van der Waals surface area contributed by atoms with Crippen LogP contribution in [0, 0.1) is 5.92 Å². The van der Waals surface area contributed by atoms with Gasteiger partial charge in [-0.2, -0.15) is 0 Å². The largest absolute Gasteiger partial charge is 0.350 e. The summed E-state index contributed by atoms with van der Waals surface area (Å²) in [6.45, 7) is 10.8. The Morgan fingerprint density at radius 1 is 1.13 bits per heavy atom. The third kappa shape index (κ3) is 9.14. The second-order valence-electron chi connectivity index (χ2n) is 11.2. The van der Waals surface area contributed by atoms with Crippen LogP contribution in [0.1, 0.15) is 75.8 Å². The minimum absolute atomic E-state index is 0.180. The van der Waals surface area contributed by atoms with Crippen LogP contribution in [0.4, 0.5) is 0 Å². The lowest BCUT2D eigenvalue weighted by Crippen LogP contribution is -2.55. The molecule has 1 aromatic carbocycles. The van der Waals surface area contributed by atoms with E-state index in [0.29, 0.717) is 31.0 Å². The van der Waals surface area contributed by atoms with Gasteiger partial charge in [-0.05, 0) is 56.5 Å². The molecule has 3 amide bonds. The summed E-state index contributed by atoms with van der Waals surface area (Å²) in [5, 5.41) is 9.90. The van der Waals surface area contributed by atoms with Crippen molar-refractivity contribution in [2.45, 2.75) is 83.7 Å². The van der Waals surface area contributed by atoms with Gasteiger partial charge in [0.05, 0.1) is 15.2 Å². The number of carbonyl (C=O) groups is 3. The van der Waals surface area contributed by atoms with Crippen LogP contribution in [0.15, 0.2) is 30.4 Å². The number of amides is 3. The summed E-state index contributed by atoms with van der Waals surface area (Å²) in [7, 11) is 3.78. The zero-order chi connectivity index (χ0) is 28.5. The topological polar surface area (TPSA) is 103 Å². The smallest absolute Gasteiger partial charge is 0.247 e. The molecular formula is C30H45N5O3S. The summed E-state index contributed by atoms with van der Waals surface area (Å²) in [6.07, 6.45) is 6.02. The number of nitrogens with one attached hydrogen (secondary N) is 3. The molecule has 0 saturated heterocycles. The molecule has 0 unspecified atom stereocenters. The number of nitrogens with zero attached hydrogens (tertiary/aromatic N) is 2. The van der Waals surface area contributed by atoms with Gasteiger partial charge in [-0.15, -0.1) is 11.3 Å². The standard InChI is InChI=1S/C30H45N5O3S/c1-7-27(36)32-24(16-28-33-23-14-13-22(19(2)3)15-26(23)39-28)30(38)34-25(21-11-9-8-10-12-21)17-31-29(37)20(4)18-35(5)6/h13-15,19,21,24-25H,4,7-12,16-18H2,1-3,5-6H3,(H,31,37)(H,32,36)(H,34,38)/t24-,25+/m0/s1. The molecule has 0 spiro atoms. The molecule has 1 heterocycles. The van der Waals surface area contributed by atoms with Crippen LogP contribution in [0.5, 0.6) is 0 Å².